The topological polar surface area (TPSA) is 26.0 Å². The zero-order chi connectivity index (χ0) is 12.2. The maximum atomic E-state index is 5.64. The monoisotopic (exact) mass is 239 g/mol. The molecule has 0 amide bonds. The van der Waals surface area contributed by atoms with E-state index in [9.17, 15) is 0 Å². The van der Waals surface area contributed by atoms with E-state index in [1.165, 1.54) is 89.9 Å². The predicted molar refractivity (Wildman–Crippen MR) is 77.2 cm³/mol. The normalized spacial score (nSPS) is 22.4. The smallest absolute Gasteiger partial charge is 0.00772 e. The minimum Gasteiger partial charge on any atom is -0.330 e. The molecule has 102 valence electrons. The molecule has 1 aliphatic rings. The summed E-state index contributed by atoms with van der Waals surface area (Å²) in [5, 5.41) is 0. The van der Waals surface area contributed by atoms with Gasteiger partial charge in [0, 0.05) is 0 Å². The number of rotatable bonds is 3. The highest BCUT2D eigenvalue weighted by molar-refractivity contribution is 4.62. The molecule has 2 N–H and O–H groups in total. The van der Waals surface area contributed by atoms with Gasteiger partial charge in [0.1, 0.15) is 0 Å². The average Bonchev–Trinajstić information content (AvgIpc) is 2.37. The van der Waals surface area contributed by atoms with Crippen molar-refractivity contribution in [2.75, 3.05) is 6.54 Å². The molecule has 1 heteroatoms. The zero-order valence-corrected chi connectivity index (χ0v) is 11.8. The van der Waals surface area contributed by atoms with Crippen LogP contribution in [0.15, 0.2) is 0 Å². The van der Waals surface area contributed by atoms with Gasteiger partial charge in [-0.05, 0) is 25.3 Å². The summed E-state index contributed by atoms with van der Waals surface area (Å²) in [4.78, 5) is 0. The molecule has 1 fully saturated rings. The highest BCUT2D eigenvalue weighted by atomic mass is 14.5. The highest BCUT2D eigenvalue weighted by Crippen LogP contribution is 2.23. The van der Waals surface area contributed by atoms with Crippen molar-refractivity contribution >= 4 is 0 Å². The van der Waals surface area contributed by atoms with Crippen LogP contribution < -0.4 is 5.73 Å². The van der Waals surface area contributed by atoms with Crippen LogP contribution in [0.2, 0.25) is 0 Å². The average molecular weight is 239 g/mol. The molecule has 0 saturated heterocycles. The van der Waals surface area contributed by atoms with Gasteiger partial charge in [-0.2, -0.15) is 0 Å². The van der Waals surface area contributed by atoms with Gasteiger partial charge in [-0.1, -0.05) is 77.0 Å². The third kappa shape index (κ3) is 8.65. The SMILES string of the molecule is NCCCC1CCCCCCCCCCCC1. The quantitative estimate of drug-likeness (QED) is 0.734. The Morgan fingerprint density at radius 3 is 1.47 bits per heavy atom. The van der Waals surface area contributed by atoms with Crippen LogP contribution in [-0.4, -0.2) is 6.54 Å². The van der Waals surface area contributed by atoms with Crippen molar-refractivity contribution in [3.63, 3.8) is 0 Å². The third-order valence-corrected chi connectivity index (χ3v) is 4.29. The van der Waals surface area contributed by atoms with E-state index in [1.54, 1.807) is 0 Å². The standard InChI is InChI=1S/C16H33N/c17-15-11-14-16-12-9-7-5-3-1-2-4-6-8-10-13-16/h16H,1-15,17H2. The van der Waals surface area contributed by atoms with Gasteiger partial charge in [-0.3, -0.25) is 0 Å². The van der Waals surface area contributed by atoms with E-state index in [-0.39, 0.29) is 0 Å². The molecular formula is C16H33N. The summed E-state index contributed by atoms with van der Waals surface area (Å²) in [6, 6.07) is 0. The van der Waals surface area contributed by atoms with Gasteiger partial charge >= 0.3 is 0 Å². The van der Waals surface area contributed by atoms with Crippen LogP contribution in [0.3, 0.4) is 0 Å². The van der Waals surface area contributed by atoms with Gasteiger partial charge in [0.05, 0.1) is 0 Å². The van der Waals surface area contributed by atoms with Crippen LogP contribution in [0.5, 0.6) is 0 Å². The Hall–Kier alpha value is -0.0400. The van der Waals surface area contributed by atoms with Gasteiger partial charge in [0.25, 0.3) is 0 Å². The second kappa shape index (κ2) is 11.1. The summed E-state index contributed by atoms with van der Waals surface area (Å²) in [7, 11) is 0. The van der Waals surface area contributed by atoms with E-state index in [1.807, 2.05) is 0 Å². The minimum atomic E-state index is 0.885. The molecule has 0 aromatic carbocycles. The molecule has 0 aromatic rings. The zero-order valence-electron chi connectivity index (χ0n) is 11.8. The van der Waals surface area contributed by atoms with E-state index in [0.29, 0.717) is 0 Å². The molecule has 0 atom stereocenters. The Kier molecular flexibility index (Phi) is 9.78. The second-order valence-electron chi connectivity index (χ2n) is 5.91. The lowest BCUT2D eigenvalue weighted by atomic mass is 9.91. The fourth-order valence-electron chi connectivity index (χ4n) is 3.12. The Bertz CT molecular complexity index is 142. The molecule has 1 nitrogen and oxygen atoms in total. The number of hydrogen-bond acceptors (Lipinski definition) is 1. The van der Waals surface area contributed by atoms with Crippen LogP contribution in [0.1, 0.15) is 89.9 Å². The Morgan fingerprint density at radius 2 is 1.06 bits per heavy atom. The van der Waals surface area contributed by atoms with Crippen molar-refractivity contribution in [1.29, 1.82) is 0 Å². The molecule has 0 heterocycles. The minimum absolute atomic E-state index is 0.885. The molecule has 1 aliphatic carbocycles. The second-order valence-corrected chi connectivity index (χ2v) is 5.91. The lowest BCUT2D eigenvalue weighted by molar-refractivity contribution is 0.377. The lowest BCUT2D eigenvalue weighted by Crippen LogP contribution is -2.06. The number of hydrogen-bond donors (Lipinski definition) is 1. The fourth-order valence-corrected chi connectivity index (χ4v) is 3.12. The van der Waals surface area contributed by atoms with Crippen molar-refractivity contribution in [2.24, 2.45) is 11.7 Å². The van der Waals surface area contributed by atoms with Crippen molar-refractivity contribution in [1.82, 2.24) is 0 Å². The Labute approximate surface area is 109 Å². The fraction of sp³-hybridized carbons (Fsp3) is 1.00. The molecule has 0 radical (unpaired) electrons. The Balaban J connectivity index is 2.20. The lowest BCUT2D eigenvalue weighted by Gasteiger charge is -2.16. The molecule has 1 saturated carbocycles. The van der Waals surface area contributed by atoms with Crippen LogP contribution >= 0.6 is 0 Å². The summed E-state index contributed by atoms with van der Waals surface area (Å²) >= 11 is 0. The first-order valence-electron chi connectivity index (χ1n) is 8.13. The molecular weight excluding hydrogens is 206 g/mol. The van der Waals surface area contributed by atoms with Crippen molar-refractivity contribution in [3.05, 3.63) is 0 Å². The van der Waals surface area contributed by atoms with Gasteiger partial charge in [0.15, 0.2) is 0 Å². The van der Waals surface area contributed by atoms with E-state index in [2.05, 4.69) is 0 Å². The van der Waals surface area contributed by atoms with Crippen LogP contribution in [0.25, 0.3) is 0 Å². The van der Waals surface area contributed by atoms with Crippen molar-refractivity contribution in [2.45, 2.75) is 89.9 Å². The first-order chi connectivity index (χ1) is 8.43. The predicted octanol–water partition coefficient (Wildman–Crippen LogP) is 5.04. The van der Waals surface area contributed by atoms with E-state index in [4.69, 9.17) is 5.73 Å². The van der Waals surface area contributed by atoms with E-state index >= 15 is 0 Å². The molecule has 0 aromatic heterocycles. The number of nitrogens with two attached hydrogens (primary N) is 1. The molecule has 0 aliphatic heterocycles. The first kappa shape index (κ1) is 15.0. The van der Waals surface area contributed by atoms with Crippen molar-refractivity contribution in [3.8, 4) is 0 Å². The molecule has 1 rings (SSSR count). The summed E-state index contributed by atoms with van der Waals surface area (Å²) in [6.45, 7) is 0.885. The third-order valence-electron chi connectivity index (χ3n) is 4.29. The van der Waals surface area contributed by atoms with E-state index in [0.717, 1.165) is 12.5 Å². The summed E-state index contributed by atoms with van der Waals surface area (Å²) in [6.07, 6.45) is 20.3. The maximum absolute atomic E-state index is 5.64. The summed E-state index contributed by atoms with van der Waals surface area (Å²) in [5.41, 5.74) is 5.64. The van der Waals surface area contributed by atoms with Gasteiger partial charge in [0.2, 0.25) is 0 Å². The van der Waals surface area contributed by atoms with Crippen molar-refractivity contribution < 1.29 is 0 Å². The maximum Gasteiger partial charge on any atom is -0.00772 e. The van der Waals surface area contributed by atoms with Crippen LogP contribution in [-0.2, 0) is 0 Å². The largest absolute Gasteiger partial charge is 0.330 e. The summed E-state index contributed by atoms with van der Waals surface area (Å²) in [5.74, 6) is 0.985. The first-order valence-corrected chi connectivity index (χ1v) is 8.13. The Morgan fingerprint density at radius 1 is 0.647 bits per heavy atom. The highest BCUT2D eigenvalue weighted by Gasteiger charge is 2.08. The van der Waals surface area contributed by atoms with E-state index < -0.39 is 0 Å². The molecule has 0 unspecified atom stereocenters. The van der Waals surface area contributed by atoms with Crippen LogP contribution in [0.4, 0.5) is 0 Å². The van der Waals surface area contributed by atoms with Gasteiger partial charge in [-0.15, -0.1) is 0 Å². The molecule has 0 spiro atoms. The van der Waals surface area contributed by atoms with Gasteiger partial charge in [-0.25, -0.2) is 0 Å². The van der Waals surface area contributed by atoms with Crippen LogP contribution in [0, 0.1) is 5.92 Å². The molecule has 17 heavy (non-hydrogen) atoms. The van der Waals surface area contributed by atoms with Gasteiger partial charge < -0.3 is 5.73 Å². The molecule has 0 bridgehead atoms. The summed E-state index contributed by atoms with van der Waals surface area (Å²) < 4.78 is 0.